The molecule has 0 bridgehead atoms. The maximum atomic E-state index is 7.50. The maximum absolute atomic E-state index is 7.50. The van der Waals surface area contributed by atoms with E-state index in [9.17, 15) is 0 Å². The smallest absolute Gasteiger partial charge is 0.244 e. The summed E-state index contributed by atoms with van der Waals surface area (Å²) in [7, 11) is 11.2. The minimum absolute atomic E-state index is 0. The van der Waals surface area contributed by atoms with Gasteiger partial charge in [-0.25, -0.2) is 9.97 Å². The van der Waals surface area contributed by atoms with Gasteiger partial charge in [0.25, 0.3) is 0 Å². The van der Waals surface area contributed by atoms with Crippen molar-refractivity contribution in [3.8, 4) is 17.2 Å². The Labute approximate surface area is 248 Å². The Morgan fingerprint density at radius 3 is 1.85 bits per heavy atom. The first kappa shape index (κ1) is 35.2. The van der Waals surface area contributed by atoms with E-state index in [-0.39, 0.29) is 26.7 Å². The van der Waals surface area contributed by atoms with Crippen molar-refractivity contribution in [3.63, 3.8) is 0 Å². The van der Waals surface area contributed by atoms with Crippen LogP contribution in [0.1, 0.15) is 23.6 Å². The van der Waals surface area contributed by atoms with Crippen LogP contribution in [-0.2, 0) is 70.3 Å². The first-order valence-corrected chi connectivity index (χ1v) is 11.9. The van der Waals surface area contributed by atoms with E-state index in [2.05, 4.69) is 21.7 Å². The van der Waals surface area contributed by atoms with Gasteiger partial charge in [0, 0.05) is 80.2 Å². The van der Waals surface area contributed by atoms with E-state index >= 15 is 0 Å². The predicted octanol–water partition coefficient (Wildman–Crippen LogP) is 2.28. The number of aromatic nitrogens is 4. The molecule has 0 saturated carbocycles. The predicted molar refractivity (Wildman–Crippen MR) is 140 cm³/mol. The monoisotopic (exact) mass is 734 g/mol. The molecule has 0 amide bonds. The molecule has 1 aromatic carbocycles. The Bertz CT molecular complexity index is 1100. The van der Waals surface area contributed by atoms with Crippen LogP contribution in [0.15, 0.2) is 36.9 Å². The van der Waals surface area contributed by atoms with Crippen molar-refractivity contribution >= 4 is 6.79 Å². The molecule has 2 radical (unpaired) electrons. The van der Waals surface area contributed by atoms with Gasteiger partial charge in [-0.15, -0.1) is 0 Å². The van der Waals surface area contributed by atoms with E-state index in [1.807, 2.05) is 33.7 Å². The molecule has 0 aliphatic carbocycles. The van der Waals surface area contributed by atoms with Crippen molar-refractivity contribution < 1.29 is 58.4 Å². The standard InChI is InChI=1S/C25H37N5O7.CO.Re/c1-31-19-12-18(13-20(32-2)24(19)35-5)14-28(16-22-27-9-11-30(22)25(36-6)37-7)15-21-26-8-10-29(21)17-23(33-3)34-4;1-2;/h8-13,23,25H,14-17H2,1-7H3;;/q;-1;. The van der Waals surface area contributed by atoms with E-state index in [4.69, 9.17) is 38.0 Å². The molecule has 14 heteroatoms. The summed E-state index contributed by atoms with van der Waals surface area (Å²) in [6, 6.07) is 3.87. The zero-order valence-electron chi connectivity index (χ0n) is 23.8. The summed E-state index contributed by atoms with van der Waals surface area (Å²) in [5.74, 6) is 3.33. The topological polar surface area (TPSA) is 121 Å². The van der Waals surface area contributed by atoms with Crippen LogP contribution < -0.4 is 14.2 Å². The van der Waals surface area contributed by atoms with Gasteiger partial charge < -0.3 is 49.3 Å². The van der Waals surface area contributed by atoms with Crippen molar-refractivity contribution in [2.45, 2.75) is 38.9 Å². The number of rotatable bonds is 16. The molecule has 0 atom stereocenters. The zero-order chi connectivity index (χ0) is 28.8. The molecule has 3 rings (SSSR count). The third kappa shape index (κ3) is 9.10. The van der Waals surface area contributed by atoms with Crippen LogP contribution in [0.25, 0.3) is 0 Å². The van der Waals surface area contributed by atoms with Gasteiger partial charge >= 0.3 is 0 Å². The van der Waals surface area contributed by atoms with Gasteiger partial charge in [-0.3, -0.25) is 9.47 Å². The van der Waals surface area contributed by atoms with Crippen molar-refractivity contribution in [2.24, 2.45) is 0 Å². The Morgan fingerprint density at radius 1 is 0.775 bits per heavy atom. The summed E-state index contributed by atoms with van der Waals surface area (Å²) in [5.41, 5.74) is 0.965. The van der Waals surface area contributed by atoms with Gasteiger partial charge in [-0.05, 0) is 17.7 Å². The molecule has 40 heavy (non-hydrogen) atoms. The first-order valence-electron chi connectivity index (χ1n) is 11.9. The fourth-order valence-electron chi connectivity index (χ4n) is 4.10. The summed E-state index contributed by atoms with van der Waals surface area (Å²) in [6.45, 7) is 6.54. The first-order chi connectivity index (χ1) is 19.0. The molecular weight excluding hydrogens is 697 g/mol. The van der Waals surface area contributed by atoms with Crippen molar-refractivity contribution in [1.29, 1.82) is 0 Å². The second-order valence-corrected chi connectivity index (χ2v) is 8.10. The number of methoxy groups -OCH3 is 7. The molecule has 0 unspecified atom stereocenters. The summed E-state index contributed by atoms with van der Waals surface area (Å²) in [5, 5.41) is 0. The van der Waals surface area contributed by atoms with Crippen LogP contribution in [0, 0.1) is 0 Å². The molecule has 0 aliphatic heterocycles. The Balaban J connectivity index is 0.00000261. The number of benzene rings is 1. The number of hydrogen-bond donors (Lipinski definition) is 0. The van der Waals surface area contributed by atoms with Crippen molar-refractivity contribution in [3.05, 3.63) is 54.1 Å². The molecule has 0 saturated heterocycles. The third-order valence-corrected chi connectivity index (χ3v) is 5.91. The molecule has 0 N–H and O–H groups in total. The van der Waals surface area contributed by atoms with Gasteiger partial charge in [0.05, 0.1) is 41.0 Å². The van der Waals surface area contributed by atoms with Gasteiger partial charge in [-0.1, -0.05) is 0 Å². The SMILES string of the molecule is COc1cc(CN(Cc2nccn2CC(OC)OC)Cc2nccn2C(OC)OC)cc(OC)c1OC.[C-]=O.[Re]. The van der Waals surface area contributed by atoms with Gasteiger partial charge in [-0.2, -0.15) is 0 Å². The molecular formula is C26H37N5O8Re-. The third-order valence-electron chi connectivity index (χ3n) is 5.91. The maximum Gasteiger partial charge on any atom is 0.244 e. The van der Waals surface area contributed by atoms with E-state index in [0.29, 0.717) is 43.4 Å². The number of nitrogens with zero attached hydrogens (tertiary/aromatic N) is 5. The van der Waals surface area contributed by atoms with Crippen LogP contribution in [0.2, 0.25) is 0 Å². The van der Waals surface area contributed by atoms with E-state index in [1.165, 1.54) is 0 Å². The molecule has 222 valence electrons. The van der Waals surface area contributed by atoms with Crippen molar-refractivity contribution in [1.82, 2.24) is 24.0 Å². The van der Waals surface area contributed by atoms with E-state index in [0.717, 1.165) is 17.2 Å². The molecule has 2 heterocycles. The summed E-state index contributed by atoms with van der Waals surface area (Å²) >= 11 is 0. The van der Waals surface area contributed by atoms with Gasteiger partial charge in [0.1, 0.15) is 11.6 Å². The molecule has 0 spiro atoms. The van der Waals surface area contributed by atoms with E-state index < -0.39 is 6.41 Å². The van der Waals surface area contributed by atoms with Crippen LogP contribution in [0.4, 0.5) is 0 Å². The average molecular weight is 734 g/mol. The normalized spacial score (nSPS) is 10.8. The minimum atomic E-state index is -0.591. The fourth-order valence-corrected chi connectivity index (χ4v) is 4.10. The molecule has 3 aromatic rings. The summed E-state index contributed by atoms with van der Waals surface area (Å²) in [6.07, 6.45) is 6.24. The molecule has 2 aromatic heterocycles. The van der Waals surface area contributed by atoms with Crippen LogP contribution >= 0.6 is 0 Å². The second-order valence-electron chi connectivity index (χ2n) is 8.10. The zero-order valence-corrected chi connectivity index (χ0v) is 26.5. The largest absolute Gasteiger partial charge is 0.573 e. The number of carbonyl (C=O) groups excluding carboxylic acids is 1. The number of ether oxygens (including phenoxy) is 7. The van der Waals surface area contributed by atoms with E-state index in [1.54, 1.807) is 62.2 Å². The van der Waals surface area contributed by atoms with Crippen LogP contribution in [0.5, 0.6) is 17.2 Å². The number of hydrogen-bond acceptors (Lipinski definition) is 11. The van der Waals surface area contributed by atoms with Gasteiger partial charge in [0.2, 0.25) is 12.2 Å². The quantitative estimate of drug-likeness (QED) is 0.159. The Kier molecular flexibility index (Phi) is 16.3. The van der Waals surface area contributed by atoms with Crippen LogP contribution in [0.3, 0.4) is 0 Å². The Hall–Kier alpha value is -2.83. The molecule has 0 fully saturated rings. The average Bonchev–Trinajstić information content (AvgIpc) is 3.62. The fraction of sp³-hybridized carbons (Fsp3) is 0.500. The summed E-state index contributed by atoms with van der Waals surface area (Å²) in [4.78, 5) is 18.9. The minimum Gasteiger partial charge on any atom is -0.573 e. The van der Waals surface area contributed by atoms with Crippen molar-refractivity contribution in [2.75, 3.05) is 49.8 Å². The van der Waals surface area contributed by atoms with Crippen LogP contribution in [-0.4, -0.2) is 86.8 Å². The molecule has 13 nitrogen and oxygen atoms in total. The summed E-state index contributed by atoms with van der Waals surface area (Å²) < 4.78 is 42.2. The Morgan fingerprint density at radius 2 is 1.32 bits per heavy atom. The second kappa shape index (κ2) is 18.5. The number of imidazole rings is 2. The van der Waals surface area contributed by atoms with Gasteiger partial charge in [0.15, 0.2) is 17.8 Å². The molecule has 0 aliphatic rings.